The van der Waals surface area contributed by atoms with Gasteiger partial charge < -0.3 is 20.7 Å². The van der Waals surface area contributed by atoms with Crippen molar-refractivity contribution in [3.8, 4) is 5.75 Å². The molecule has 0 atom stereocenters. The van der Waals surface area contributed by atoms with Crippen LogP contribution in [0.25, 0.3) is 0 Å². The van der Waals surface area contributed by atoms with Gasteiger partial charge in [0.1, 0.15) is 5.75 Å². The van der Waals surface area contributed by atoms with E-state index >= 15 is 0 Å². The third-order valence-electron chi connectivity index (χ3n) is 3.41. The van der Waals surface area contributed by atoms with Gasteiger partial charge in [-0.2, -0.15) is 0 Å². The lowest BCUT2D eigenvalue weighted by atomic mass is 10.1. The molecular weight excluding hydrogens is 304 g/mol. The van der Waals surface area contributed by atoms with E-state index in [-0.39, 0.29) is 5.91 Å². The molecule has 0 fully saturated rings. The Kier molecular flexibility index (Phi) is 5.78. The predicted molar refractivity (Wildman–Crippen MR) is 96.4 cm³/mol. The molecule has 2 rings (SSSR count). The van der Waals surface area contributed by atoms with Crippen LogP contribution in [0.4, 0.5) is 5.69 Å². The number of nitrogens with two attached hydrogens (primary N) is 1. The number of benzene rings is 2. The van der Waals surface area contributed by atoms with Crippen molar-refractivity contribution in [3.05, 3.63) is 59.7 Å². The van der Waals surface area contributed by atoms with Crippen LogP contribution in [-0.4, -0.2) is 38.0 Å². The van der Waals surface area contributed by atoms with Crippen LogP contribution in [0.2, 0.25) is 0 Å². The molecule has 6 nitrogen and oxygen atoms in total. The summed E-state index contributed by atoms with van der Waals surface area (Å²) in [4.78, 5) is 17.7. The number of para-hydroxylation sites is 2. The second-order valence-corrected chi connectivity index (χ2v) is 5.42. The third kappa shape index (κ3) is 4.49. The normalized spacial score (nSPS) is 11.0. The Labute approximate surface area is 141 Å². The van der Waals surface area contributed by atoms with E-state index in [0.717, 1.165) is 11.3 Å². The number of methoxy groups -OCH3 is 1. The highest BCUT2D eigenvalue weighted by atomic mass is 16.5. The molecule has 0 saturated heterocycles. The standard InChI is InChI=1S/C18H22N4O2/c1-22(2)17(23)14-10-8-13(9-11-14)12-20-18(19)21-15-6-4-5-7-16(15)24-3/h4-11H,12H2,1-3H3,(H3,19,20,21). The van der Waals surface area contributed by atoms with Gasteiger partial charge in [0.25, 0.3) is 5.91 Å². The molecule has 0 unspecified atom stereocenters. The topological polar surface area (TPSA) is 80.0 Å². The van der Waals surface area contributed by atoms with Crippen LogP contribution in [0.3, 0.4) is 0 Å². The van der Waals surface area contributed by atoms with Gasteiger partial charge in [-0.3, -0.25) is 4.79 Å². The first-order valence-electron chi connectivity index (χ1n) is 7.52. The Hall–Kier alpha value is -3.02. The Balaban J connectivity index is 2.01. The van der Waals surface area contributed by atoms with E-state index in [0.29, 0.717) is 23.8 Å². The van der Waals surface area contributed by atoms with Crippen LogP contribution in [0.15, 0.2) is 53.5 Å². The summed E-state index contributed by atoms with van der Waals surface area (Å²) < 4.78 is 5.25. The van der Waals surface area contributed by atoms with Crippen LogP contribution >= 0.6 is 0 Å². The summed E-state index contributed by atoms with van der Waals surface area (Å²) in [7, 11) is 5.06. The second kappa shape index (κ2) is 8.01. The lowest BCUT2D eigenvalue weighted by Crippen LogP contribution is -2.23. The molecule has 0 spiro atoms. The maximum Gasteiger partial charge on any atom is 0.253 e. The molecule has 2 aromatic carbocycles. The molecule has 6 heteroatoms. The average molecular weight is 326 g/mol. The van der Waals surface area contributed by atoms with E-state index in [1.54, 1.807) is 38.2 Å². The smallest absolute Gasteiger partial charge is 0.253 e. The summed E-state index contributed by atoms with van der Waals surface area (Å²) >= 11 is 0. The Morgan fingerprint density at radius 2 is 1.83 bits per heavy atom. The zero-order valence-electron chi connectivity index (χ0n) is 14.1. The van der Waals surface area contributed by atoms with E-state index in [9.17, 15) is 4.79 Å². The van der Waals surface area contributed by atoms with Gasteiger partial charge in [0.2, 0.25) is 0 Å². The van der Waals surface area contributed by atoms with Crippen LogP contribution in [0, 0.1) is 0 Å². The van der Waals surface area contributed by atoms with Crippen molar-refractivity contribution >= 4 is 17.6 Å². The Morgan fingerprint density at radius 3 is 2.46 bits per heavy atom. The minimum absolute atomic E-state index is 0.0256. The number of rotatable bonds is 5. The van der Waals surface area contributed by atoms with Crippen molar-refractivity contribution in [2.45, 2.75) is 6.54 Å². The number of carbonyl (C=O) groups excluding carboxylic acids is 1. The van der Waals surface area contributed by atoms with Gasteiger partial charge in [-0.05, 0) is 29.8 Å². The van der Waals surface area contributed by atoms with Crippen LogP contribution in [0.1, 0.15) is 15.9 Å². The van der Waals surface area contributed by atoms with Crippen molar-refractivity contribution in [1.82, 2.24) is 4.90 Å². The fourth-order valence-electron chi connectivity index (χ4n) is 2.11. The molecule has 0 aliphatic carbocycles. The maximum atomic E-state index is 11.8. The van der Waals surface area contributed by atoms with Crippen molar-refractivity contribution in [2.75, 3.05) is 26.5 Å². The summed E-state index contributed by atoms with van der Waals surface area (Å²) in [6, 6.07) is 14.8. The minimum Gasteiger partial charge on any atom is -0.495 e. The van der Waals surface area contributed by atoms with Crippen molar-refractivity contribution in [1.29, 1.82) is 0 Å². The molecule has 3 N–H and O–H groups in total. The van der Waals surface area contributed by atoms with Crippen LogP contribution in [-0.2, 0) is 6.54 Å². The molecule has 2 aromatic rings. The van der Waals surface area contributed by atoms with Gasteiger partial charge in [-0.15, -0.1) is 0 Å². The number of guanidine groups is 1. The number of hydrogen-bond acceptors (Lipinski definition) is 3. The number of amides is 1. The number of nitrogens with one attached hydrogen (secondary N) is 1. The van der Waals surface area contributed by atoms with E-state index in [1.807, 2.05) is 36.4 Å². The van der Waals surface area contributed by atoms with Crippen molar-refractivity contribution in [2.24, 2.45) is 10.7 Å². The van der Waals surface area contributed by atoms with Gasteiger partial charge >= 0.3 is 0 Å². The van der Waals surface area contributed by atoms with Gasteiger partial charge in [-0.1, -0.05) is 24.3 Å². The first-order chi connectivity index (χ1) is 11.5. The van der Waals surface area contributed by atoms with Gasteiger partial charge in [0.05, 0.1) is 19.3 Å². The zero-order chi connectivity index (χ0) is 17.5. The molecule has 0 saturated carbocycles. The lowest BCUT2D eigenvalue weighted by Gasteiger charge is -2.11. The molecule has 0 radical (unpaired) electrons. The van der Waals surface area contributed by atoms with Crippen molar-refractivity contribution in [3.63, 3.8) is 0 Å². The van der Waals surface area contributed by atoms with Gasteiger partial charge in [0, 0.05) is 19.7 Å². The quantitative estimate of drug-likeness (QED) is 0.653. The molecule has 126 valence electrons. The fourth-order valence-corrected chi connectivity index (χ4v) is 2.11. The molecule has 24 heavy (non-hydrogen) atoms. The number of carbonyl (C=O) groups is 1. The molecule has 0 bridgehead atoms. The molecule has 0 heterocycles. The summed E-state index contributed by atoms with van der Waals surface area (Å²) in [6.07, 6.45) is 0. The summed E-state index contributed by atoms with van der Waals surface area (Å²) in [5, 5.41) is 3.02. The molecular formula is C18H22N4O2. The monoisotopic (exact) mass is 326 g/mol. The summed E-state index contributed by atoms with van der Waals surface area (Å²) in [5.41, 5.74) is 8.29. The number of ether oxygens (including phenoxy) is 1. The molecule has 1 amide bonds. The van der Waals surface area contributed by atoms with E-state index in [4.69, 9.17) is 10.5 Å². The summed E-state index contributed by atoms with van der Waals surface area (Å²) in [6.45, 7) is 0.421. The predicted octanol–water partition coefficient (Wildman–Crippen LogP) is 2.32. The molecule has 0 aromatic heterocycles. The van der Waals surface area contributed by atoms with Gasteiger partial charge in [-0.25, -0.2) is 4.99 Å². The highest BCUT2D eigenvalue weighted by Crippen LogP contribution is 2.22. The molecule has 0 aliphatic rings. The molecule has 0 aliphatic heterocycles. The lowest BCUT2D eigenvalue weighted by molar-refractivity contribution is 0.0827. The Bertz CT molecular complexity index is 724. The van der Waals surface area contributed by atoms with E-state index in [2.05, 4.69) is 10.3 Å². The zero-order valence-corrected chi connectivity index (χ0v) is 14.1. The minimum atomic E-state index is -0.0256. The number of nitrogens with zero attached hydrogens (tertiary/aromatic N) is 2. The van der Waals surface area contributed by atoms with Crippen LogP contribution in [0.5, 0.6) is 5.75 Å². The highest BCUT2D eigenvalue weighted by molar-refractivity contribution is 5.94. The maximum absolute atomic E-state index is 11.8. The second-order valence-electron chi connectivity index (χ2n) is 5.42. The first kappa shape index (κ1) is 17.3. The highest BCUT2D eigenvalue weighted by Gasteiger charge is 2.07. The number of aliphatic imine (C=N–C) groups is 1. The van der Waals surface area contributed by atoms with Gasteiger partial charge in [0.15, 0.2) is 5.96 Å². The number of anilines is 1. The third-order valence-corrected chi connectivity index (χ3v) is 3.41. The Morgan fingerprint density at radius 1 is 1.17 bits per heavy atom. The first-order valence-corrected chi connectivity index (χ1v) is 7.52. The number of hydrogen-bond donors (Lipinski definition) is 2. The van der Waals surface area contributed by atoms with Crippen molar-refractivity contribution < 1.29 is 9.53 Å². The van der Waals surface area contributed by atoms with E-state index in [1.165, 1.54) is 0 Å². The van der Waals surface area contributed by atoms with Crippen LogP contribution < -0.4 is 15.8 Å². The fraction of sp³-hybridized carbons (Fsp3) is 0.222. The SMILES string of the molecule is COc1ccccc1NC(N)=NCc1ccc(C(=O)N(C)C)cc1. The largest absolute Gasteiger partial charge is 0.495 e. The average Bonchev–Trinajstić information content (AvgIpc) is 2.60. The van der Waals surface area contributed by atoms with E-state index < -0.39 is 0 Å². The summed E-state index contributed by atoms with van der Waals surface area (Å²) in [5.74, 6) is 0.970.